The summed E-state index contributed by atoms with van der Waals surface area (Å²) in [6, 6.07) is 13.8. The number of amides is 1. The molecule has 0 aliphatic carbocycles. The molecule has 1 aromatic heterocycles. The molecule has 0 saturated heterocycles. The predicted molar refractivity (Wildman–Crippen MR) is 121 cm³/mol. The lowest BCUT2D eigenvalue weighted by molar-refractivity contribution is -0.113. The predicted octanol–water partition coefficient (Wildman–Crippen LogP) is 5.09. The van der Waals surface area contributed by atoms with Crippen LogP contribution in [0.25, 0.3) is 0 Å². The van der Waals surface area contributed by atoms with Crippen molar-refractivity contribution >= 4 is 23.4 Å². The van der Waals surface area contributed by atoms with Crippen molar-refractivity contribution in [2.75, 3.05) is 11.1 Å². The molecule has 30 heavy (non-hydrogen) atoms. The Morgan fingerprint density at radius 2 is 1.87 bits per heavy atom. The quantitative estimate of drug-likeness (QED) is 0.510. The van der Waals surface area contributed by atoms with Crippen molar-refractivity contribution in [1.29, 1.82) is 0 Å². The number of nitrogens with one attached hydrogen (secondary N) is 1. The number of aryl methyl sites for hydroxylation is 2. The molecule has 1 amide bonds. The normalized spacial score (nSPS) is 11.9. The minimum absolute atomic E-state index is 0.0649. The largest absolute Gasteiger partial charge is 0.483 e. The molecule has 0 aliphatic rings. The third-order valence-corrected chi connectivity index (χ3v) is 5.94. The lowest BCUT2D eigenvalue weighted by Gasteiger charge is -2.15. The highest BCUT2D eigenvalue weighted by Gasteiger charge is 2.19. The van der Waals surface area contributed by atoms with E-state index in [0.717, 1.165) is 28.4 Å². The summed E-state index contributed by atoms with van der Waals surface area (Å²) < 4.78 is 8.02. The summed E-state index contributed by atoms with van der Waals surface area (Å²) >= 11 is 1.38. The summed E-state index contributed by atoms with van der Waals surface area (Å²) in [4.78, 5) is 12.4. The molecule has 0 fully saturated rings. The zero-order valence-electron chi connectivity index (χ0n) is 18.1. The third kappa shape index (κ3) is 5.21. The number of rotatable bonds is 8. The van der Waals surface area contributed by atoms with E-state index in [2.05, 4.69) is 15.5 Å². The lowest BCUT2D eigenvalue weighted by atomic mass is 10.1. The summed E-state index contributed by atoms with van der Waals surface area (Å²) in [5, 5.41) is 12.3. The molecule has 1 atom stereocenters. The van der Waals surface area contributed by atoms with Crippen LogP contribution in [0.3, 0.4) is 0 Å². The van der Waals surface area contributed by atoms with Crippen LogP contribution in [0.4, 0.5) is 5.69 Å². The smallest absolute Gasteiger partial charge is 0.234 e. The maximum absolute atomic E-state index is 12.4. The van der Waals surface area contributed by atoms with Crippen molar-refractivity contribution < 1.29 is 9.53 Å². The molecule has 3 aromatic rings. The number of nitrogens with zero attached hydrogens (tertiary/aromatic N) is 3. The van der Waals surface area contributed by atoms with E-state index >= 15 is 0 Å². The van der Waals surface area contributed by atoms with Crippen LogP contribution >= 0.6 is 11.8 Å². The molecule has 6 nitrogen and oxygen atoms in total. The van der Waals surface area contributed by atoms with E-state index in [4.69, 9.17) is 4.74 Å². The van der Waals surface area contributed by atoms with Gasteiger partial charge in [0, 0.05) is 12.2 Å². The van der Waals surface area contributed by atoms with Gasteiger partial charge in [-0.05, 0) is 63.9 Å². The molecule has 1 N–H and O–H groups in total. The van der Waals surface area contributed by atoms with Crippen molar-refractivity contribution in [2.45, 2.75) is 52.4 Å². The zero-order chi connectivity index (χ0) is 21.7. The van der Waals surface area contributed by atoms with E-state index in [0.29, 0.717) is 11.7 Å². The molecule has 158 valence electrons. The Kier molecular flexibility index (Phi) is 7.15. The maximum atomic E-state index is 12.4. The van der Waals surface area contributed by atoms with Crippen LogP contribution in [-0.2, 0) is 11.3 Å². The topological polar surface area (TPSA) is 69.0 Å². The average Bonchev–Trinajstić information content (AvgIpc) is 3.14. The lowest BCUT2D eigenvalue weighted by Crippen LogP contribution is -2.16. The molecule has 1 unspecified atom stereocenters. The van der Waals surface area contributed by atoms with Gasteiger partial charge >= 0.3 is 0 Å². The van der Waals surface area contributed by atoms with Crippen molar-refractivity contribution in [1.82, 2.24) is 14.8 Å². The number of carbonyl (C=O) groups excluding carboxylic acids is 1. The van der Waals surface area contributed by atoms with Crippen LogP contribution in [0.2, 0.25) is 0 Å². The van der Waals surface area contributed by atoms with Crippen molar-refractivity contribution in [3.63, 3.8) is 0 Å². The molecular formula is C23H28N4O2S. The average molecular weight is 425 g/mol. The number of ether oxygens (including phenoxy) is 1. The van der Waals surface area contributed by atoms with Gasteiger partial charge in [0.05, 0.1) is 5.75 Å². The van der Waals surface area contributed by atoms with Gasteiger partial charge in [0.15, 0.2) is 17.1 Å². The Balaban J connectivity index is 1.64. The first-order chi connectivity index (χ1) is 14.4. The Hall–Kier alpha value is -2.80. The number of anilines is 1. The fraction of sp³-hybridized carbons (Fsp3) is 0.348. The Bertz CT molecular complexity index is 1010. The summed E-state index contributed by atoms with van der Waals surface area (Å²) in [7, 11) is 0. The fourth-order valence-corrected chi connectivity index (χ4v) is 3.89. The highest BCUT2D eigenvalue weighted by Crippen LogP contribution is 2.25. The van der Waals surface area contributed by atoms with Gasteiger partial charge in [-0.2, -0.15) is 0 Å². The summed E-state index contributed by atoms with van der Waals surface area (Å²) in [5.74, 6) is 1.74. The third-order valence-electron chi connectivity index (χ3n) is 4.97. The monoisotopic (exact) mass is 424 g/mol. The summed E-state index contributed by atoms with van der Waals surface area (Å²) in [5.41, 5.74) is 4.26. The number of thioether (sulfide) groups is 1. The van der Waals surface area contributed by atoms with Gasteiger partial charge < -0.3 is 14.6 Å². The minimum Gasteiger partial charge on any atom is -0.483 e. The van der Waals surface area contributed by atoms with Gasteiger partial charge in [0.1, 0.15) is 5.75 Å². The molecule has 7 heteroatoms. The molecule has 3 rings (SSSR count). The van der Waals surface area contributed by atoms with Crippen molar-refractivity contribution in [3.8, 4) is 5.75 Å². The van der Waals surface area contributed by atoms with Crippen LogP contribution in [0.5, 0.6) is 5.75 Å². The SMILES string of the molecule is CCn1c(SCC(=O)Nc2cccc(C)c2C)nnc1C(C)Oc1ccc(C)cc1. The molecule has 0 aliphatic heterocycles. The first-order valence-electron chi connectivity index (χ1n) is 10.0. The molecule has 0 bridgehead atoms. The molecule has 0 saturated carbocycles. The Labute approximate surface area is 182 Å². The van der Waals surface area contributed by atoms with E-state index < -0.39 is 0 Å². The van der Waals surface area contributed by atoms with Gasteiger partial charge in [-0.15, -0.1) is 10.2 Å². The standard InChI is InChI=1S/C23H28N4O2S/c1-6-27-22(18(5)29-19-12-10-15(2)11-13-19)25-26-23(27)30-14-21(28)24-20-9-7-8-16(3)17(20)4/h7-13,18H,6,14H2,1-5H3,(H,24,28). The van der Waals surface area contributed by atoms with Gasteiger partial charge in [-0.1, -0.05) is 41.6 Å². The van der Waals surface area contributed by atoms with Crippen LogP contribution < -0.4 is 10.1 Å². The van der Waals surface area contributed by atoms with Gasteiger partial charge in [0.25, 0.3) is 0 Å². The number of hydrogen-bond donors (Lipinski definition) is 1. The zero-order valence-corrected chi connectivity index (χ0v) is 18.9. The van der Waals surface area contributed by atoms with Gasteiger partial charge in [-0.3, -0.25) is 4.79 Å². The van der Waals surface area contributed by atoms with Crippen molar-refractivity contribution in [2.24, 2.45) is 0 Å². The molecule has 1 heterocycles. The second kappa shape index (κ2) is 9.80. The highest BCUT2D eigenvalue weighted by atomic mass is 32.2. The Morgan fingerprint density at radius 1 is 1.13 bits per heavy atom. The highest BCUT2D eigenvalue weighted by molar-refractivity contribution is 7.99. The first kappa shape index (κ1) is 21.9. The van der Waals surface area contributed by atoms with Gasteiger partial charge in [0.2, 0.25) is 5.91 Å². The van der Waals surface area contributed by atoms with Crippen LogP contribution in [0.15, 0.2) is 47.6 Å². The summed E-state index contributed by atoms with van der Waals surface area (Å²) in [6.07, 6.45) is -0.252. The number of benzene rings is 2. The van der Waals surface area contributed by atoms with Crippen LogP contribution in [0, 0.1) is 20.8 Å². The van der Waals surface area contributed by atoms with Crippen LogP contribution in [-0.4, -0.2) is 26.4 Å². The molecular weight excluding hydrogens is 396 g/mol. The van der Waals surface area contributed by atoms with E-state index in [1.54, 1.807) is 0 Å². The Morgan fingerprint density at radius 3 is 2.57 bits per heavy atom. The summed E-state index contributed by atoms with van der Waals surface area (Å²) in [6.45, 7) is 10.8. The number of carbonyl (C=O) groups is 1. The number of aromatic nitrogens is 3. The minimum atomic E-state index is -0.252. The van der Waals surface area contributed by atoms with Gasteiger partial charge in [-0.25, -0.2) is 0 Å². The first-order valence-corrected chi connectivity index (χ1v) is 11.0. The van der Waals surface area contributed by atoms with Crippen LogP contribution in [0.1, 0.15) is 42.5 Å². The van der Waals surface area contributed by atoms with E-state index in [1.165, 1.54) is 17.3 Å². The maximum Gasteiger partial charge on any atom is 0.234 e. The van der Waals surface area contributed by atoms with E-state index in [-0.39, 0.29) is 17.8 Å². The van der Waals surface area contributed by atoms with Crippen molar-refractivity contribution in [3.05, 3.63) is 65.0 Å². The second-order valence-corrected chi connectivity index (χ2v) is 8.18. The van der Waals surface area contributed by atoms with E-state index in [1.807, 2.05) is 81.7 Å². The number of hydrogen-bond acceptors (Lipinski definition) is 5. The molecule has 2 aromatic carbocycles. The molecule has 0 spiro atoms. The molecule has 0 radical (unpaired) electrons. The van der Waals surface area contributed by atoms with E-state index in [9.17, 15) is 4.79 Å². The second-order valence-electron chi connectivity index (χ2n) is 7.24. The fourth-order valence-electron chi connectivity index (χ4n) is 3.08.